The van der Waals surface area contributed by atoms with Gasteiger partial charge in [0.25, 0.3) is 0 Å². The highest BCUT2D eigenvalue weighted by atomic mass is 35.5. The van der Waals surface area contributed by atoms with Gasteiger partial charge in [-0.05, 0) is 25.0 Å². The second-order valence-corrected chi connectivity index (χ2v) is 6.79. The first-order valence-corrected chi connectivity index (χ1v) is 7.52. The van der Waals surface area contributed by atoms with E-state index in [0.29, 0.717) is 0 Å². The number of carbonyl (C=O) groups excluding carboxylic acids is 1. The van der Waals surface area contributed by atoms with Crippen molar-refractivity contribution >= 4 is 38.8 Å². The summed E-state index contributed by atoms with van der Waals surface area (Å²) in [6.45, 7) is 0. The average Bonchev–Trinajstić information content (AvgIpc) is 2.98. The zero-order chi connectivity index (χ0) is 12.6. The third-order valence-corrected chi connectivity index (χ3v) is 5.18. The third-order valence-electron chi connectivity index (χ3n) is 2.59. The van der Waals surface area contributed by atoms with Crippen LogP contribution in [0.2, 0.25) is 10.0 Å². The maximum absolute atomic E-state index is 12.0. The van der Waals surface area contributed by atoms with Crippen molar-refractivity contribution in [1.29, 1.82) is 0 Å². The van der Waals surface area contributed by atoms with Crippen LogP contribution in [0.4, 0.5) is 0 Å². The zero-order valence-electron chi connectivity index (χ0n) is 8.82. The number of Topliss-reactive ketones (excluding diaryl/α,β-unsaturated/α-hetero) is 1. The second kappa shape index (κ2) is 4.59. The molecule has 1 aliphatic carbocycles. The van der Waals surface area contributed by atoms with Gasteiger partial charge in [0.15, 0.2) is 15.6 Å². The van der Waals surface area contributed by atoms with Crippen LogP contribution < -0.4 is 0 Å². The summed E-state index contributed by atoms with van der Waals surface area (Å²) in [5.74, 6) is -0.853. The van der Waals surface area contributed by atoms with Crippen molar-refractivity contribution in [2.45, 2.75) is 17.7 Å². The first-order chi connectivity index (χ1) is 7.92. The fourth-order valence-electron chi connectivity index (χ4n) is 1.56. The Morgan fingerprint density at radius 2 is 1.76 bits per heavy atom. The number of hydrogen-bond acceptors (Lipinski definition) is 3. The molecule has 1 fully saturated rings. The Labute approximate surface area is 110 Å². The van der Waals surface area contributed by atoms with Crippen LogP contribution in [0.1, 0.15) is 12.8 Å². The summed E-state index contributed by atoms with van der Waals surface area (Å²) in [4.78, 5) is 11.4. The SMILES string of the molecule is O=C(CS(=O)(=O)c1c(Cl)cccc1Cl)C1CC1. The molecule has 6 heteroatoms. The molecule has 92 valence electrons. The van der Waals surface area contributed by atoms with Gasteiger partial charge in [0, 0.05) is 5.92 Å². The molecule has 3 nitrogen and oxygen atoms in total. The molecule has 0 N–H and O–H groups in total. The lowest BCUT2D eigenvalue weighted by Crippen LogP contribution is -2.18. The van der Waals surface area contributed by atoms with Crippen molar-refractivity contribution in [1.82, 2.24) is 0 Å². The fourth-order valence-corrected chi connectivity index (χ4v) is 4.15. The third kappa shape index (κ3) is 2.81. The summed E-state index contributed by atoms with van der Waals surface area (Å²) in [5, 5.41) is 0.113. The highest BCUT2D eigenvalue weighted by molar-refractivity contribution is 7.92. The molecular formula is C11H10Cl2O3S. The maximum atomic E-state index is 12.0. The predicted molar refractivity (Wildman–Crippen MR) is 66.2 cm³/mol. The van der Waals surface area contributed by atoms with Gasteiger partial charge in [-0.1, -0.05) is 29.3 Å². The molecule has 0 amide bonds. The maximum Gasteiger partial charge on any atom is 0.188 e. The molecule has 0 radical (unpaired) electrons. The summed E-state index contributed by atoms with van der Waals surface area (Å²) < 4.78 is 24.1. The summed E-state index contributed by atoms with van der Waals surface area (Å²) in [7, 11) is -3.74. The molecule has 2 rings (SSSR count). The summed E-state index contributed by atoms with van der Waals surface area (Å²) in [5.41, 5.74) is 0. The van der Waals surface area contributed by atoms with Crippen molar-refractivity contribution in [2.24, 2.45) is 5.92 Å². The van der Waals surface area contributed by atoms with E-state index in [1.54, 1.807) is 6.07 Å². The van der Waals surface area contributed by atoms with E-state index in [4.69, 9.17) is 23.2 Å². The number of carbonyl (C=O) groups is 1. The largest absolute Gasteiger partial charge is 0.298 e. The molecule has 0 aromatic heterocycles. The molecule has 0 atom stereocenters. The van der Waals surface area contributed by atoms with Gasteiger partial charge in [0.05, 0.1) is 10.0 Å². The van der Waals surface area contributed by atoms with Gasteiger partial charge in [-0.15, -0.1) is 0 Å². The van der Waals surface area contributed by atoms with E-state index >= 15 is 0 Å². The Morgan fingerprint density at radius 3 is 2.24 bits per heavy atom. The molecule has 1 saturated carbocycles. The lowest BCUT2D eigenvalue weighted by Gasteiger charge is -2.07. The second-order valence-electron chi connectivity index (χ2n) is 4.05. The molecule has 0 saturated heterocycles. The Morgan fingerprint density at radius 1 is 1.24 bits per heavy atom. The van der Waals surface area contributed by atoms with E-state index in [0.717, 1.165) is 12.8 Å². The van der Waals surface area contributed by atoms with Crippen molar-refractivity contribution in [3.63, 3.8) is 0 Å². The molecule has 1 aromatic carbocycles. The van der Waals surface area contributed by atoms with Crippen molar-refractivity contribution < 1.29 is 13.2 Å². The lowest BCUT2D eigenvalue weighted by atomic mass is 10.3. The van der Waals surface area contributed by atoms with Crippen molar-refractivity contribution in [3.8, 4) is 0 Å². The van der Waals surface area contributed by atoms with E-state index in [1.807, 2.05) is 0 Å². The smallest absolute Gasteiger partial charge is 0.188 e. The molecule has 0 unspecified atom stereocenters. The molecule has 1 aromatic rings. The first kappa shape index (κ1) is 12.9. The number of rotatable bonds is 4. The summed E-state index contributed by atoms with van der Waals surface area (Å²) >= 11 is 11.6. The van der Waals surface area contributed by atoms with Crippen molar-refractivity contribution in [2.75, 3.05) is 5.75 Å². The lowest BCUT2D eigenvalue weighted by molar-refractivity contribution is -0.117. The topological polar surface area (TPSA) is 51.2 Å². The monoisotopic (exact) mass is 292 g/mol. The fraction of sp³-hybridized carbons (Fsp3) is 0.364. The number of halogens is 2. The van der Waals surface area contributed by atoms with E-state index in [2.05, 4.69) is 0 Å². The number of ketones is 1. The predicted octanol–water partition coefficient (Wildman–Crippen LogP) is 2.75. The molecule has 0 aliphatic heterocycles. The van der Waals surface area contributed by atoms with Crippen LogP contribution in [0.25, 0.3) is 0 Å². The van der Waals surface area contributed by atoms with E-state index in [-0.39, 0.29) is 26.6 Å². The van der Waals surface area contributed by atoms with Crippen LogP contribution in [0.5, 0.6) is 0 Å². The minimum Gasteiger partial charge on any atom is -0.298 e. The highest BCUT2D eigenvalue weighted by Gasteiger charge is 2.34. The highest BCUT2D eigenvalue weighted by Crippen LogP contribution is 2.33. The quantitative estimate of drug-likeness (QED) is 0.857. The molecule has 1 aliphatic rings. The van der Waals surface area contributed by atoms with Crippen molar-refractivity contribution in [3.05, 3.63) is 28.2 Å². The normalized spacial score (nSPS) is 15.9. The van der Waals surface area contributed by atoms with Crippen LogP contribution in [-0.4, -0.2) is 20.0 Å². The van der Waals surface area contributed by atoms with E-state index < -0.39 is 15.6 Å². The van der Waals surface area contributed by atoms with Gasteiger partial charge in [-0.2, -0.15) is 0 Å². The summed E-state index contributed by atoms with van der Waals surface area (Å²) in [6, 6.07) is 4.45. The Kier molecular flexibility index (Phi) is 3.48. The van der Waals surface area contributed by atoms with Crippen LogP contribution in [0, 0.1) is 5.92 Å². The molecule has 0 spiro atoms. The number of sulfone groups is 1. The average molecular weight is 293 g/mol. The standard InChI is InChI=1S/C11H10Cl2O3S/c12-8-2-1-3-9(13)11(8)17(15,16)6-10(14)7-4-5-7/h1-3,7H,4-6H2. The van der Waals surface area contributed by atoms with Crippen LogP contribution >= 0.6 is 23.2 Å². The molecule has 0 bridgehead atoms. The minimum absolute atomic E-state index is 0.0566. The summed E-state index contributed by atoms with van der Waals surface area (Å²) in [6.07, 6.45) is 1.56. The molecule has 0 heterocycles. The first-order valence-electron chi connectivity index (χ1n) is 5.11. The van der Waals surface area contributed by atoms with Gasteiger partial charge in [0.1, 0.15) is 10.6 Å². The van der Waals surface area contributed by atoms with Gasteiger partial charge in [-0.25, -0.2) is 8.42 Å². The van der Waals surface area contributed by atoms with E-state index in [9.17, 15) is 13.2 Å². The Bertz CT molecular complexity index is 542. The van der Waals surface area contributed by atoms with Crippen LogP contribution in [0.3, 0.4) is 0 Å². The van der Waals surface area contributed by atoms with Gasteiger partial charge in [0.2, 0.25) is 0 Å². The minimum atomic E-state index is -3.74. The Hall–Kier alpha value is -0.580. The molecule has 17 heavy (non-hydrogen) atoms. The zero-order valence-corrected chi connectivity index (χ0v) is 11.1. The van der Waals surface area contributed by atoms with Gasteiger partial charge in [-0.3, -0.25) is 4.79 Å². The van der Waals surface area contributed by atoms with Crippen LogP contribution in [0.15, 0.2) is 23.1 Å². The number of benzene rings is 1. The molecular weight excluding hydrogens is 283 g/mol. The van der Waals surface area contributed by atoms with Gasteiger partial charge < -0.3 is 0 Å². The Balaban J connectivity index is 2.34. The van der Waals surface area contributed by atoms with Gasteiger partial charge >= 0.3 is 0 Å². The number of hydrogen-bond donors (Lipinski definition) is 0. The van der Waals surface area contributed by atoms with E-state index in [1.165, 1.54) is 12.1 Å². The van der Waals surface area contributed by atoms with Crippen LogP contribution in [-0.2, 0) is 14.6 Å².